The van der Waals surface area contributed by atoms with Gasteiger partial charge >= 0.3 is 12.2 Å². The first-order valence-corrected chi connectivity index (χ1v) is 14.7. The molecule has 10 heteroatoms. The first-order valence-electron chi connectivity index (χ1n) is 14.7. The first-order chi connectivity index (χ1) is 21.1. The van der Waals surface area contributed by atoms with E-state index in [0.29, 0.717) is 22.7 Å². The van der Waals surface area contributed by atoms with Crippen LogP contribution in [0.1, 0.15) is 78.2 Å². The summed E-state index contributed by atoms with van der Waals surface area (Å²) in [6, 6.07) is 22.6. The molecule has 0 spiro atoms. The van der Waals surface area contributed by atoms with E-state index in [9.17, 15) is 9.59 Å². The van der Waals surface area contributed by atoms with Crippen LogP contribution in [-0.4, -0.2) is 45.8 Å². The van der Waals surface area contributed by atoms with E-state index in [2.05, 4.69) is 44.4 Å². The molecule has 0 atom stereocenters. The molecule has 4 N–H and O–H groups in total. The molecule has 2 aromatic heterocycles. The lowest BCUT2D eigenvalue weighted by Crippen LogP contribution is -2.27. The number of hydrogen-bond donors (Lipinski definition) is 4. The van der Waals surface area contributed by atoms with Crippen LogP contribution in [0.25, 0.3) is 0 Å². The van der Waals surface area contributed by atoms with Crippen molar-refractivity contribution in [2.75, 3.05) is 10.6 Å². The summed E-state index contributed by atoms with van der Waals surface area (Å²) in [6.45, 7) is 15.1. The van der Waals surface area contributed by atoms with Gasteiger partial charge in [-0.2, -0.15) is 0 Å². The molecule has 2 aromatic carbocycles. The van der Waals surface area contributed by atoms with Gasteiger partial charge in [0.2, 0.25) is 0 Å². The zero-order chi connectivity index (χ0) is 32.8. The molecule has 4 aromatic rings. The fourth-order valence-corrected chi connectivity index (χ4v) is 4.34. The van der Waals surface area contributed by atoms with Crippen LogP contribution in [-0.2, 0) is 14.9 Å². The largest absolute Gasteiger partial charge is 0.444 e. The van der Waals surface area contributed by atoms with Crippen LogP contribution in [0.5, 0.6) is 0 Å². The summed E-state index contributed by atoms with van der Waals surface area (Å²) in [6.07, 6.45) is 2.38. The molecule has 2 heterocycles. The zero-order valence-corrected chi connectivity index (χ0v) is 27.1. The number of nitrogens with zero attached hydrogens (tertiary/aromatic N) is 2. The highest BCUT2D eigenvalue weighted by Crippen LogP contribution is 2.31. The highest BCUT2D eigenvalue weighted by atomic mass is 16.6. The fourth-order valence-electron chi connectivity index (χ4n) is 4.34. The molecule has 10 nitrogen and oxygen atoms in total. The lowest BCUT2D eigenvalue weighted by Gasteiger charge is -2.22. The normalized spacial score (nSPS) is 12.4. The van der Waals surface area contributed by atoms with Crippen molar-refractivity contribution in [2.45, 2.75) is 72.0 Å². The van der Waals surface area contributed by atoms with Crippen LogP contribution in [0.15, 0.2) is 82.8 Å². The maximum atomic E-state index is 12.3. The number of H-pyrrole nitrogens is 2. The van der Waals surface area contributed by atoms with Gasteiger partial charge in [0.15, 0.2) is 0 Å². The average Bonchev–Trinajstić information content (AvgIpc) is 3.61. The van der Waals surface area contributed by atoms with Gasteiger partial charge in [-0.1, -0.05) is 24.3 Å². The minimum atomic E-state index is -0.603. The molecule has 0 aliphatic rings. The molecule has 0 saturated carbocycles. The highest BCUT2D eigenvalue weighted by Gasteiger charge is 2.26. The number of nitrogens with one attached hydrogen (secondary N) is 4. The summed E-state index contributed by atoms with van der Waals surface area (Å²) in [5.41, 5.74) is 4.33. The van der Waals surface area contributed by atoms with Gasteiger partial charge in [-0.15, -0.1) is 0 Å². The van der Waals surface area contributed by atoms with Crippen molar-refractivity contribution in [1.29, 1.82) is 0 Å². The topological polar surface area (TPSA) is 133 Å². The van der Waals surface area contributed by atoms with Gasteiger partial charge in [-0.3, -0.25) is 20.6 Å². The van der Waals surface area contributed by atoms with Crippen molar-refractivity contribution in [2.24, 2.45) is 9.98 Å². The quantitative estimate of drug-likeness (QED) is 0.148. The number of aromatic amines is 2. The number of carbonyl (C=O) groups excluding carboxylic acids is 2. The van der Waals surface area contributed by atoms with E-state index in [1.807, 2.05) is 102 Å². The molecule has 0 saturated heterocycles. The van der Waals surface area contributed by atoms with E-state index >= 15 is 0 Å². The molecule has 0 radical (unpaired) electrons. The molecule has 236 valence electrons. The van der Waals surface area contributed by atoms with Crippen molar-refractivity contribution in [3.8, 4) is 0 Å². The summed E-state index contributed by atoms with van der Waals surface area (Å²) in [4.78, 5) is 40.7. The van der Waals surface area contributed by atoms with Crippen LogP contribution in [0.2, 0.25) is 0 Å². The predicted molar refractivity (Wildman–Crippen MR) is 181 cm³/mol. The number of amides is 2. The fraction of sp³-hybridized carbons (Fsp3) is 0.314. The summed E-state index contributed by atoms with van der Waals surface area (Å²) in [7, 11) is 0. The standard InChI is InChI=1S/C35H42N6O4/c1-33(2,3)44-31(42)40-27-15-11-9-13-25(27)36-21-23-17-19-29(38-23)35(7,8)30-20-18-24(39-30)22-37-26-14-10-12-16-28(26)41-32(43)45-34(4,5)6/h9-22,38-39H,1-8H3,(H,40,42)(H,41,43). The second-order valence-electron chi connectivity index (χ2n) is 13.1. The van der Waals surface area contributed by atoms with E-state index in [1.165, 1.54) is 0 Å². The van der Waals surface area contributed by atoms with E-state index in [0.717, 1.165) is 22.8 Å². The Hall–Kier alpha value is -5.12. The Morgan fingerprint density at radius 2 is 0.978 bits per heavy atom. The Labute approximate surface area is 264 Å². The second-order valence-corrected chi connectivity index (χ2v) is 13.1. The predicted octanol–water partition coefficient (Wildman–Crippen LogP) is 8.86. The van der Waals surface area contributed by atoms with Gasteiger partial charge in [-0.25, -0.2) is 9.59 Å². The van der Waals surface area contributed by atoms with Crippen LogP contribution in [0.3, 0.4) is 0 Å². The Kier molecular flexibility index (Phi) is 9.66. The number of anilines is 2. The second kappa shape index (κ2) is 13.3. The smallest absolute Gasteiger partial charge is 0.412 e. The molecule has 0 bridgehead atoms. The third-order valence-corrected chi connectivity index (χ3v) is 6.53. The number of benzene rings is 2. The Morgan fingerprint density at radius 3 is 1.36 bits per heavy atom. The Balaban J connectivity index is 1.45. The molecule has 0 aliphatic carbocycles. The van der Waals surface area contributed by atoms with Gasteiger partial charge in [0, 0.05) is 16.8 Å². The number of carbonyl (C=O) groups is 2. The molecule has 0 aliphatic heterocycles. The summed E-state index contributed by atoms with van der Waals surface area (Å²) >= 11 is 0. The molecular weight excluding hydrogens is 568 g/mol. The van der Waals surface area contributed by atoms with Crippen LogP contribution in [0.4, 0.5) is 32.3 Å². The third kappa shape index (κ3) is 9.43. The number of rotatable bonds is 8. The van der Waals surface area contributed by atoms with Crippen molar-refractivity contribution in [3.05, 3.63) is 95.6 Å². The summed E-state index contributed by atoms with van der Waals surface area (Å²) < 4.78 is 10.8. The molecule has 2 amide bonds. The van der Waals surface area contributed by atoms with Gasteiger partial charge in [-0.05, 0) is 104 Å². The van der Waals surface area contributed by atoms with E-state index < -0.39 is 23.4 Å². The Bertz CT molecular complexity index is 1580. The average molecular weight is 611 g/mol. The van der Waals surface area contributed by atoms with Gasteiger partial charge in [0.25, 0.3) is 0 Å². The number of hydrogen-bond acceptors (Lipinski definition) is 6. The van der Waals surface area contributed by atoms with E-state index in [4.69, 9.17) is 9.47 Å². The molecule has 0 fully saturated rings. The lowest BCUT2D eigenvalue weighted by atomic mass is 9.86. The van der Waals surface area contributed by atoms with Crippen LogP contribution < -0.4 is 10.6 Å². The van der Waals surface area contributed by atoms with Crippen molar-refractivity contribution >= 4 is 47.4 Å². The number of para-hydroxylation sites is 4. The van der Waals surface area contributed by atoms with Gasteiger partial charge in [0.05, 0.1) is 46.6 Å². The summed E-state index contributed by atoms with van der Waals surface area (Å²) in [5.74, 6) is 0. The van der Waals surface area contributed by atoms with Crippen LogP contribution in [0, 0.1) is 0 Å². The minimum Gasteiger partial charge on any atom is -0.444 e. The molecule has 4 rings (SSSR count). The first kappa shape index (κ1) is 32.8. The number of ether oxygens (including phenoxy) is 2. The zero-order valence-electron chi connectivity index (χ0n) is 27.1. The monoisotopic (exact) mass is 610 g/mol. The Morgan fingerprint density at radius 1 is 0.600 bits per heavy atom. The number of aliphatic imine (C=N–C) groups is 2. The highest BCUT2D eigenvalue weighted by molar-refractivity contribution is 5.92. The van der Waals surface area contributed by atoms with Gasteiger partial charge < -0.3 is 19.4 Å². The molecule has 45 heavy (non-hydrogen) atoms. The molecular formula is C35H42N6O4. The SMILES string of the molecule is CC(C)(C)OC(=O)Nc1ccccc1N=Cc1ccc(C(C)(C)c2ccc(C=Nc3ccccc3NC(=O)OC(C)(C)C)[nH]2)[nH]1. The van der Waals surface area contributed by atoms with Crippen molar-refractivity contribution in [3.63, 3.8) is 0 Å². The number of aromatic nitrogens is 2. The minimum absolute atomic E-state index is 0.384. The van der Waals surface area contributed by atoms with E-state index in [-0.39, 0.29) is 5.41 Å². The van der Waals surface area contributed by atoms with Gasteiger partial charge in [0.1, 0.15) is 11.2 Å². The lowest BCUT2D eigenvalue weighted by molar-refractivity contribution is 0.0624. The van der Waals surface area contributed by atoms with E-state index in [1.54, 1.807) is 24.6 Å². The maximum Gasteiger partial charge on any atom is 0.412 e. The van der Waals surface area contributed by atoms with Crippen molar-refractivity contribution in [1.82, 2.24) is 9.97 Å². The van der Waals surface area contributed by atoms with Crippen molar-refractivity contribution < 1.29 is 19.1 Å². The van der Waals surface area contributed by atoms with Crippen LogP contribution >= 0.6 is 0 Å². The third-order valence-electron chi connectivity index (χ3n) is 6.53. The summed E-state index contributed by atoms with van der Waals surface area (Å²) in [5, 5.41) is 5.55. The molecule has 0 unspecified atom stereocenters. The maximum absolute atomic E-state index is 12.3.